The van der Waals surface area contributed by atoms with Gasteiger partial charge in [-0.15, -0.1) is 0 Å². The fourth-order valence-corrected chi connectivity index (χ4v) is 2.35. The topological polar surface area (TPSA) is 20.2 Å². The molecule has 0 aliphatic rings. The van der Waals surface area contributed by atoms with Crippen LogP contribution in [0.4, 0.5) is 0 Å². The number of hydrogen-bond acceptors (Lipinski definition) is 1. The Bertz CT molecular complexity index is 111. The highest BCUT2D eigenvalue weighted by molar-refractivity contribution is 6.81. The van der Waals surface area contributed by atoms with Crippen LogP contribution in [0.25, 0.3) is 0 Å². The minimum absolute atomic E-state index is 0.213. The van der Waals surface area contributed by atoms with Crippen LogP contribution < -0.4 is 0 Å². The van der Waals surface area contributed by atoms with Crippen LogP contribution in [0.3, 0.4) is 0 Å². The number of aliphatic hydroxyl groups is 1. The Balaban J connectivity index is 3.95. The predicted molar refractivity (Wildman–Crippen MR) is 44.2 cm³/mol. The van der Waals surface area contributed by atoms with Crippen LogP contribution in [-0.2, 0) is 0 Å². The number of aliphatic hydroxyl groups excluding tert-OH is 1. The zero-order valence-corrected chi connectivity index (χ0v) is 7.73. The lowest BCUT2D eigenvalue weighted by molar-refractivity contribution is 0.331. The molecule has 1 nitrogen and oxygen atoms in total. The van der Waals surface area contributed by atoms with Gasteiger partial charge in [0.25, 0.3) is 0 Å². The molecule has 0 fully saturated rings. The number of rotatable bonds is 2. The van der Waals surface area contributed by atoms with Crippen molar-refractivity contribution in [2.24, 2.45) is 0 Å². The number of hydrogen-bond donors (Lipinski definition) is 1. The van der Waals surface area contributed by atoms with Crippen molar-refractivity contribution >= 4 is 8.07 Å². The van der Waals surface area contributed by atoms with Crippen molar-refractivity contribution in [3.05, 3.63) is 11.3 Å². The lowest BCUT2D eigenvalue weighted by Crippen LogP contribution is -2.17. The molecule has 0 aromatic carbocycles. The predicted octanol–water partition coefficient (Wildman–Crippen LogP) is 1.80. The van der Waals surface area contributed by atoms with Crippen molar-refractivity contribution in [3.8, 4) is 0 Å². The highest BCUT2D eigenvalue weighted by Crippen LogP contribution is 2.05. The Morgan fingerprint density at radius 1 is 1.44 bits per heavy atom. The van der Waals surface area contributed by atoms with E-state index in [-0.39, 0.29) is 6.61 Å². The molecular weight excluding hydrogens is 128 g/mol. The molecule has 1 N–H and O–H groups in total. The van der Waals surface area contributed by atoms with E-state index in [1.165, 1.54) is 0 Å². The van der Waals surface area contributed by atoms with Gasteiger partial charge in [0.15, 0.2) is 0 Å². The Hall–Kier alpha value is -0.0831. The molecule has 0 aliphatic carbocycles. The third-order valence-corrected chi connectivity index (χ3v) is 2.29. The second kappa shape index (κ2) is 3.18. The summed E-state index contributed by atoms with van der Waals surface area (Å²) < 4.78 is 0. The fraction of sp³-hybridized carbons (Fsp3) is 0.714. The lowest BCUT2D eigenvalue weighted by Gasteiger charge is -2.09. The molecule has 0 aliphatic heterocycles. The van der Waals surface area contributed by atoms with Crippen LogP contribution >= 0.6 is 0 Å². The summed E-state index contributed by atoms with van der Waals surface area (Å²) in [6, 6.07) is 0. The van der Waals surface area contributed by atoms with E-state index < -0.39 is 8.07 Å². The van der Waals surface area contributed by atoms with Crippen LogP contribution in [0, 0.1) is 0 Å². The average Bonchev–Trinajstić information content (AvgIpc) is 1.62. The van der Waals surface area contributed by atoms with Crippen LogP contribution in [-0.4, -0.2) is 19.8 Å². The van der Waals surface area contributed by atoms with Crippen molar-refractivity contribution < 1.29 is 5.11 Å². The minimum atomic E-state index is -1.06. The Morgan fingerprint density at radius 3 is 2.00 bits per heavy atom. The zero-order chi connectivity index (χ0) is 7.49. The Kier molecular flexibility index (Phi) is 3.15. The summed E-state index contributed by atoms with van der Waals surface area (Å²) in [4.78, 5) is 0. The summed E-state index contributed by atoms with van der Waals surface area (Å²) in [5, 5.41) is 8.65. The molecule has 0 unspecified atom stereocenters. The summed E-state index contributed by atoms with van der Waals surface area (Å²) in [7, 11) is -1.06. The smallest absolute Gasteiger partial charge is 0.0687 e. The highest BCUT2D eigenvalue weighted by atomic mass is 28.3. The Morgan fingerprint density at radius 2 is 1.89 bits per heavy atom. The molecule has 0 aromatic heterocycles. The third kappa shape index (κ3) is 5.79. The first-order valence-electron chi connectivity index (χ1n) is 3.25. The molecular formula is C7H16OSi. The van der Waals surface area contributed by atoms with Gasteiger partial charge in [-0.1, -0.05) is 30.9 Å². The van der Waals surface area contributed by atoms with E-state index in [1.807, 2.05) is 6.92 Å². The molecule has 0 aromatic rings. The molecule has 0 saturated carbocycles. The summed E-state index contributed by atoms with van der Waals surface area (Å²) in [5.41, 5.74) is 3.32. The molecule has 0 saturated heterocycles. The molecule has 9 heavy (non-hydrogen) atoms. The maximum atomic E-state index is 8.65. The van der Waals surface area contributed by atoms with Gasteiger partial charge in [0.05, 0.1) is 14.7 Å². The normalized spacial score (nSPS) is 14.1. The monoisotopic (exact) mass is 144 g/mol. The van der Waals surface area contributed by atoms with Gasteiger partial charge in [-0.25, -0.2) is 0 Å². The first-order chi connectivity index (χ1) is 3.95. The van der Waals surface area contributed by atoms with E-state index in [4.69, 9.17) is 5.11 Å². The van der Waals surface area contributed by atoms with Crippen molar-refractivity contribution in [1.82, 2.24) is 0 Å². The van der Waals surface area contributed by atoms with Crippen molar-refractivity contribution in [3.63, 3.8) is 0 Å². The molecule has 0 bridgehead atoms. The summed E-state index contributed by atoms with van der Waals surface area (Å²) in [6.07, 6.45) is 0. The van der Waals surface area contributed by atoms with E-state index in [2.05, 4.69) is 25.3 Å². The van der Waals surface area contributed by atoms with Gasteiger partial charge in [0.2, 0.25) is 0 Å². The highest BCUT2D eigenvalue weighted by Gasteiger charge is 2.07. The SMILES string of the molecule is CC(=C[Si](C)(C)C)CO. The van der Waals surface area contributed by atoms with E-state index in [0.717, 1.165) is 5.57 Å². The lowest BCUT2D eigenvalue weighted by atomic mass is 10.4. The van der Waals surface area contributed by atoms with E-state index >= 15 is 0 Å². The van der Waals surface area contributed by atoms with Crippen LogP contribution in [0.15, 0.2) is 11.3 Å². The fourth-order valence-electron chi connectivity index (χ4n) is 0.785. The minimum Gasteiger partial charge on any atom is -0.392 e. The molecule has 2 heteroatoms. The second-order valence-corrected chi connectivity index (χ2v) is 8.54. The molecule has 0 atom stereocenters. The van der Waals surface area contributed by atoms with Crippen LogP contribution in [0.5, 0.6) is 0 Å². The van der Waals surface area contributed by atoms with Gasteiger partial charge in [-0.3, -0.25) is 0 Å². The van der Waals surface area contributed by atoms with Gasteiger partial charge in [0.1, 0.15) is 0 Å². The maximum absolute atomic E-state index is 8.65. The zero-order valence-electron chi connectivity index (χ0n) is 6.73. The van der Waals surface area contributed by atoms with Gasteiger partial charge in [0, 0.05) is 0 Å². The van der Waals surface area contributed by atoms with Gasteiger partial charge < -0.3 is 5.11 Å². The van der Waals surface area contributed by atoms with Crippen LogP contribution in [0.1, 0.15) is 6.92 Å². The standard InChI is InChI=1S/C7H16OSi/c1-7(5-8)6-9(2,3)4/h6,8H,5H2,1-4H3. The van der Waals surface area contributed by atoms with Crippen molar-refractivity contribution in [1.29, 1.82) is 0 Å². The molecule has 0 rings (SSSR count). The summed E-state index contributed by atoms with van der Waals surface area (Å²) in [5.74, 6) is 0. The summed E-state index contributed by atoms with van der Waals surface area (Å²) >= 11 is 0. The third-order valence-electron chi connectivity index (χ3n) is 0.929. The first-order valence-corrected chi connectivity index (χ1v) is 6.82. The van der Waals surface area contributed by atoms with Gasteiger partial charge in [-0.2, -0.15) is 0 Å². The molecule has 0 heterocycles. The summed E-state index contributed by atoms with van der Waals surface area (Å²) in [6.45, 7) is 8.95. The molecule has 0 amide bonds. The maximum Gasteiger partial charge on any atom is 0.0687 e. The van der Waals surface area contributed by atoms with Gasteiger partial charge >= 0.3 is 0 Å². The first kappa shape index (κ1) is 8.92. The largest absolute Gasteiger partial charge is 0.392 e. The Labute approximate surface area is 58.4 Å². The van der Waals surface area contributed by atoms with Gasteiger partial charge in [-0.05, 0) is 6.92 Å². The quantitative estimate of drug-likeness (QED) is 0.586. The van der Waals surface area contributed by atoms with E-state index in [1.54, 1.807) is 0 Å². The van der Waals surface area contributed by atoms with Crippen LogP contribution in [0.2, 0.25) is 19.6 Å². The van der Waals surface area contributed by atoms with Crippen molar-refractivity contribution in [2.75, 3.05) is 6.61 Å². The average molecular weight is 144 g/mol. The van der Waals surface area contributed by atoms with E-state index in [0.29, 0.717) is 0 Å². The van der Waals surface area contributed by atoms with E-state index in [9.17, 15) is 0 Å². The molecule has 0 radical (unpaired) electrons. The second-order valence-electron chi connectivity index (χ2n) is 3.51. The molecule has 0 spiro atoms. The molecule has 54 valence electrons. The van der Waals surface area contributed by atoms with Crippen molar-refractivity contribution in [2.45, 2.75) is 26.6 Å².